The van der Waals surface area contributed by atoms with Gasteiger partial charge in [-0.3, -0.25) is 9.88 Å². The van der Waals surface area contributed by atoms with Crippen molar-refractivity contribution in [1.82, 2.24) is 15.2 Å². The largest absolute Gasteiger partial charge is 0.395 e. The van der Waals surface area contributed by atoms with Crippen LogP contribution in [0.2, 0.25) is 0 Å². The second-order valence-electron chi connectivity index (χ2n) is 4.76. The molecular formula is C13H21N3O. The highest BCUT2D eigenvalue weighted by molar-refractivity contribution is 5.09. The lowest BCUT2D eigenvalue weighted by atomic mass is 10.1. The Morgan fingerprint density at radius 2 is 2.24 bits per heavy atom. The van der Waals surface area contributed by atoms with E-state index in [4.69, 9.17) is 0 Å². The lowest BCUT2D eigenvalue weighted by molar-refractivity contribution is 0.165. The van der Waals surface area contributed by atoms with Crippen LogP contribution in [0.3, 0.4) is 0 Å². The Bertz CT molecular complexity index is 331. The predicted octanol–water partition coefficient (Wildman–Crippen LogP) is 0.626. The van der Waals surface area contributed by atoms with Crippen molar-refractivity contribution in [3.8, 4) is 0 Å². The second kappa shape index (κ2) is 6.10. The van der Waals surface area contributed by atoms with E-state index in [9.17, 15) is 5.11 Å². The summed E-state index contributed by atoms with van der Waals surface area (Å²) in [4.78, 5) is 6.46. The molecule has 1 aliphatic heterocycles. The average Bonchev–Trinajstić information content (AvgIpc) is 2.53. The third-order valence-corrected chi connectivity index (χ3v) is 3.43. The molecule has 0 spiro atoms. The Kier molecular flexibility index (Phi) is 4.48. The summed E-state index contributed by atoms with van der Waals surface area (Å²) in [5.41, 5.74) is 1.28. The van der Waals surface area contributed by atoms with Gasteiger partial charge in [-0.15, -0.1) is 0 Å². The number of nitrogens with one attached hydrogen (secondary N) is 1. The monoisotopic (exact) mass is 235 g/mol. The van der Waals surface area contributed by atoms with Gasteiger partial charge in [-0.05, 0) is 37.6 Å². The standard InChI is InChI=1S/C13H21N3O/c1-11-2-7-15-13(10-17)9-16(11)8-12-3-5-14-6-4-12/h3-6,11,13,15,17H,2,7-10H2,1H3. The minimum absolute atomic E-state index is 0.196. The summed E-state index contributed by atoms with van der Waals surface area (Å²) >= 11 is 0. The van der Waals surface area contributed by atoms with Crippen LogP contribution in [-0.4, -0.2) is 46.8 Å². The van der Waals surface area contributed by atoms with Gasteiger partial charge in [-0.25, -0.2) is 0 Å². The summed E-state index contributed by atoms with van der Waals surface area (Å²) in [5, 5.41) is 12.7. The summed E-state index contributed by atoms with van der Waals surface area (Å²) < 4.78 is 0. The molecule has 1 aromatic heterocycles. The predicted molar refractivity (Wildman–Crippen MR) is 67.6 cm³/mol. The Morgan fingerprint density at radius 3 is 2.94 bits per heavy atom. The first-order chi connectivity index (χ1) is 8.29. The molecule has 2 N–H and O–H groups in total. The zero-order chi connectivity index (χ0) is 12.1. The zero-order valence-corrected chi connectivity index (χ0v) is 10.3. The fourth-order valence-corrected chi connectivity index (χ4v) is 2.27. The minimum Gasteiger partial charge on any atom is -0.395 e. The van der Waals surface area contributed by atoms with Gasteiger partial charge in [0.15, 0.2) is 0 Å². The van der Waals surface area contributed by atoms with Crippen molar-refractivity contribution in [3.63, 3.8) is 0 Å². The molecule has 1 aliphatic rings. The van der Waals surface area contributed by atoms with Gasteiger partial charge in [-0.1, -0.05) is 0 Å². The lowest BCUT2D eigenvalue weighted by Crippen LogP contribution is -2.41. The second-order valence-corrected chi connectivity index (χ2v) is 4.76. The Labute approximate surface area is 103 Å². The van der Waals surface area contributed by atoms with Crippen molar-refractivity contribution in [2.24, 2.45) is 0 Å². The number of hydrogen-bond acceptors (Lipinski definition) is 4. The first kappa shape index (κ1) is 12.5. The van der Waals surface area contributed by atoms with Gasteiger partial charge in [0.2, 0.25) is 0 Å². The molecule has 0 aromatic carbocycles. The highest BCUT2D eigenvalue weighted by Crippen LogP contribution is 2.13. The molecule has 2 atom stereocenters. The highest BCUT2D eigenvalue weighted by Gasteiger charge is 2.22. The van der Waals surface area contributed by atoms with Gasteiger partial charge in [0.05, 0.1) is 6.61 Å². The molecule has 4 heteroatoms. The van der Waals surface area contributed by atoms with E-state index in [1.807, 2.05) is 12.4 Å². The van der Waals surface area contributed by atoms with Gasteiger partial charge in [0.25, 0.3) is 0 Å². The maximum Gasteiger partial charge on any atom is 0.0597 e. The molecule has 0 bridgehead atoms. The van der Waals surface area contributed by atoms with Crippen LogP contribution in [0.4, 0.5) is 0 Å². The Hall–Kier alpha value is -0.970. The third-order valence-electron chi connectivity index (χ3n) is 3.43. The summed E-state index contributed by atoms with van der Waals surface area (Å²) in [6.45, 7) is 5.28. The van der Waals surface area contributed by atoms with E-state index in [1.165, 1.54) is 5.56 Å². The van der Waals surface area contributed by atoms with E-state index in [0.717, 1.165) is 26.1 Å². The van der Waals surface area contributed by atoms with Crippen LogP contribution < -0.4 is 5.32 Å². The molecule has 17 heavy (non-hydrogen) atoms. The molecule has 2 unspecified atom stereocenters. The summed E-state index contributed by atoms with van der Waals surface area (Å²) in [6, 6.07) is 4.85. The van der Waals surface area contributed by atoms with Crippen molar-refractivity contribution in [2.75, 3.05) is 19.7 Å². The molecule has 0 saturated carbocycles. The van der Waals surface area contributed by atoms with Crippen LogP contribution >= 0.6 is 0 Å². The van der Waals surface area contributed by atoms with Gasteiger partial charge in [-0.2, -0.15) is 0 Å². The molecule has 0 radical (unpaired) electrons. The highest BCUT2D eigenvalue weighted by atomic mass is 16.3. The average molecular weight is 235 g/mol. The molecule has 1 fully saturated rings. The van der Waals surface area contributed by atoms with Gasteiger partial charge >= 0.3 is 0 Å². The van der Waals surface area contributed by atoms with E-state index < -0.39 is 0 Å². The van der Waals surface area contributed by atoms with Crippen molar-refractivity contribution in [2.45, 2.75) is 32.0 Å². The molecule has 2 heterocycles. The number of pyridine rings is 1. The first-order valence-corrected chi connectivity index (χ1v) is 6.27. The van der Waals surface area contributed by atoms with Crippen LogP contribution in [0.25, 0.3) is 0 Å². The molecule has 1 aromatic rings. The van der Waals surface area contributed by atoms with Gasteiger partial charge in [0.1, 0.15) is 0 Å². The molecular weight excluding hydrogens is 214 g/mol. The van der Waals surface area contributed by atoms with E-state index in [0.29, 0.717) is 6.04 Å². The molecule has 1 saturated heterocycles. The van der Waals surface area contributed by atoms with Gasteiger partial charge < -0.3 is 10.4 Å². The fourth-order valence-electron chi connectivity index (χ4n) is 2.27. The van der Waals surface area contributed by atoms with Crippen LogP contribution in [-0.2, 0) is 6.54 Å². The van der Waals surface area contributed by atoms with Gasteiger partial charge in [0, 0.05) is 37.6 Å². The van der Waals surface area contributed by atoms with E-state index in [-0.39, 0.29) is 12.6 Å². The first-order valence-electron chi connectivity index (χ1n) is 6.27. The number of aliphatic hydroxyl groups is 1. The van der Waals surface area contributed by atoms with Crippen LogP contribution in [0.15, 0.2) is 24.5 Å². The minimum atomic E-state index is 0.196. The van der Waals surface area contributed by atoms with Crippen molar-refractivity contribution < 1.29 is 5.11 Å². The van der Waals surface area contributed by atoms with Crippen LogP contribution in [0.1, 0.15) is 18.9 Å². The lowest BCUT2D eigenvalue weighted by Gasteiger charge is -2.28. The molecule has 2 rings (SSSR count). The number of nitrogens with zero attached hydrogens (tertiary/aromatic N) is 2. The molecule has 4 nitrogen and oxygen atoms in total. The molecule has 94 valence electrons. The van der Waals surface area contributed by atoms with E-state index in [1.54, 1.807) is 0 Å². The number of hydrogen-bond donors (Lipinski definition) is 2. The number of aliphatic hydroxyl groups excluding tert-OH is 1. The topological polar surface area (TPSA) is 48.4 Å². The van der Waals surface area contributed by atoms with Crippen molar-refractivity contribution in [1.29, 1.82) is 0 Å². The quantitative estimate of drug-likeness (QED) is 0.806. The SMILES string of the molecule is CC1CCNC(CO)CN1Cc1ccncc1. The summed E-state index contributed by atoms with van der Waals surface area (Å²) in [5.74, 6) is 0. The van der Waals surface area contributed by atoms with Crippen LogP contribution in [0.5, 0.6) is 0 Å². The zero-order valence-electron chi connectivity index (χ0n) is 10.3. The Morgan fingerprint density at radius 1 is 1.47 bits per heavy atom. The van der Waals surface area contributed by atoms with E-state index >= 15 is 0 Å². The normalized spacial score (nSPS) is 26.7. The summed E-state index contributed by atoms with van der Waals surface area (Å²) in [7, 11) is 0. The number of aromatic nitrogens is 1. The molecule has 0 aliphatic carbocycles. The maximum atomic E-state index is 9.29. The van der Waals surface area contributed by atoms with Crippen molar-refractivity contribution >= 4 is 0 Å². The Balaban J connectivity index is 2.01. The smallest absolute Gasteiger partial charge is 0.0597 e. The van der Waals surface area contributed by atoms with Crippen molar-refractivity contribution in [3.05, 3.63) is 30.1 Å². The number of rotatable bonds is 3. The molecule has 0 amide bonds. The summed E-state index contributed by atoms with van der Waals surface area (Å²) in [6.07, 6.45) is 4.79. The maximum absolute atomic E-state index is 9.29. The fraction of sp³-hybridized carbons (Fsp3) is 0.615. The van der Waals surface area contributed by atoms with E-state index in [2.05, 4.69) is 34.3 Å². The third kappa shape index (κ3) is 3.49. The van der Waals surface area contributed by atoms with Crippen LogP contribution in [0, 0.1) is 0 Å².